The second-order valence-electron chi connectivity index (χ2n) is 6.70. The molecule has 0 saturated heterocycles. The molecule has 4 rings (SSSR count). The number of benzene rings is 3. The predicted octanol–water partition coefficient (Wildman–Crippen LogP) is 4.09. The number of nitrogens with zero attached hydrogens (tertiary/aromatic N) is 2. The average Bonchev–Trinajstić information content (AvgIpc) is 2.79. The Kier molecular flexibility index (Phi) is 5.43. The van der Waals surface area contributed by atoms with Crippen molar-refractivity contribution in [3.8, 4) is 5.75 Å². The second-order valence-corrected chi connectivity index (χ2v) is 6.70. The van der Waals surface area contributed by atoms with Crippen LogP contribution in [0.3, 0.4) is 0 Å². The lowest BCUT2D eigenvalue weighted by Gasteiger charge is -2.10. The number of rotatable bonds is 6. The summed E-state index contributed by atoms with van der Waals surface area (Å²) < 4.78 is 5.30. The summed E-state index contributed by atoms with van der Waals surface area (Å²) in [4.78, 5) is 21.1. The minimum absolute atomic E-state index is 0.207. The molecule has 7 nitrogen and oxygen atoms in total. The molecule has 0 atom stereocenters. The first-order chi connectivity index (χ1) is 14.6. The molecule has 4 N–H and O–H groups in total. The van der Waals surface area contributed by atoms with Gasteiger partial charge in [0.05, 0.1) is 24.0 Å². The van der Waals surface area contributed by atoms with Crippen molar-refractivity contribution in [2.24, 2.45) is 0 Å². The number of fused-ring (bicyclic) bond motifs is 1. The first-order valence-corrected chi connectivity index (χ1v) is 9.41. The van der Waals surface area contributed by atoms with E-state index in [0.717, 1.165) is 28.0 Å². The van der Waals surface area contributed by atoms with Gasteiger partial charge in [-0.2, -0.15) is 0 Å². The van der Waals surface area contributed by atoms with Crippen molar-refractivity contribution in [3.05, 3.63) is 84.2 Å². The fraction of sp³-hybridized carbons (Fsp3) is 0.0870. The highest BCUT2D eigenvalue weighted by Gasteiger charge is 2.09. The van der Waals surface area contributed by atoms with Gasteiger partial charge in [-0.3, -0.25) is 4.79 Å². The van der Waals surface area contributed by atoms with Gasteiger partial charge in [-0.25, -0.2) is 9.97 Å². The van der Waals surface area contributed by atoms with Crippen LogP contribution in [-0.4, -0.2) is 23.0 Å². The summed E-state index contributed by atoms with van der Waals surface area (Å²) in [6, 6.07) is 20.2. The third-order valence-corrected chi connectivity index (χ3v) is 4.73. The maximum Gasteiger partial charge on any atom is 0.255 e. The zero-order valence-corrected chi connectivity index (χ0v) is 16.4. The van der Waals surface area contributed by atoms with Crippen molar-refractivity contribution in [1.82, 2.24) is 9.97 Å². The summed E-state index contributed by atoms with van der Waals surface area (Å²) >= 11 is 0. The Bertz CT molecular complexity index is 1190. The van der Waals surface area contributed by atoms with Crippen molar-refractivity contribution in [2.45, 2.75) is 6.54 Å². The summed E-state index contributed by atoms with van der Waals surface area (Å²) in [7, 11) is 1.63. The molecule has 0 unspecified atom stereocenters. The molecule has 150 valence electrons. The Morgan fingerprint density at radius 2 is 1.83 bits per heavy atom. The molecule has 0 aliphatic rings. The van der Waals surface area contributed by atoms with Crippen LogP contribution in [0.15, 0.2) is 73.1 Å². The number of methoxy groups -OCH3 is 1. The number of hydrogen-bond donors (Lipinski definition) is 3. The lowest BCUT2D eigenvalue weighted by molar-refractivity contribution is 0.102. The molecule has 0 aliphatic carbocycles. The molecular weight excluding hydrogens is 378 g/mol. The van der Waals surface area contributed by atoms with Gasteiger partial charge in [-0.05, 0) is 48.0 Å². The highest BCUT2D eigenvalue weighted by molar-refractivity contribution is 6.05. The summed E-state index contributed by atoms with van der Waals surface area (Å²) in [6.45, 7) is 0.552. The molecule has 0 saturated carbocycles. The third-order valence-electron chi connectivity index (χ3n) is 4.73. The number of para-hydroxylation sites is 2. The Morgan fingerprint density at radius 3 is 2.60 bits per heavy atom. The third kappa shape index (κ3) is 4.15. The number of aromatic nitrogens is 2. The SMILES string of the molecule is COc1ccc2ncnc(NCc3ccc(C(=O)Nc4ccccc4N)cc3)c2c1. The molecule has 0 radical (unpaired) electrons. The molecule has 0 fully saturated rings. The maximum absolute atomic E-state index is 12.5. The monoisotopic (exact) mass is 399 g/mol. The van der Waals surface area contributed by atoms with Gasteiger partial charge >= 0.3 is 0 Å². The van der Waals surface area contributed by atoms with Crippen LogP contribution >= 0.6 is 0 Å². The fourth-order valence-corrected chi connectivity index (χ4v) is 3.07. The smallest absolute Gasteiger partial charge is 0.255 e. The minimum Gasteiger partial charge on any atom is -0.497 e. The van der Waals surface area contributed by atoms with Crippen LogP contribution in [0.25, 0.3) is 10.9 Å². The van der Waals surface area contributed by atoms with Crippen LogP contribution in [0.4, 0.5) is 17.2 Å². The molecule has 3 aromatic carbocycles. The second kappa shape index (κ2) is 8.48. The molecule has 7 heteroatoms. The van der Waals surface area contributed by atoms with Crippen LogP contribution in [0, 0.1) is 0 Å². The van der Waals surface area contributed by atoms with Gasteiger partial charge < -0.3 is 21.1 Å². The molecule has 1 amide bonds. The van der Waals surface area contributed by atoms with Gasteiger partial charge in [0.25, 0.3) is 5.91 Å². The van der Waals surface area contributed by atoms with Gasteiger partial charge in [-0.1, -0.05) is 24.3 Å². The minimum atomic E-state index is -0.207. The zero-order chi connectivity index (χ0) is 20.9. The van der Waals surface area contributed by atoms with E-state index in [-0.39, 0.29) is 5.91 Å². The van der Waals surface area contributed by atoms with Crippen LogP contribution in [0.2, 0.25) is 0 Å². The van der Waals surface area contributed by atoms with E-state index < -0.39 is 0 Å². The van der Waals surface area contributed by atoms with E-state index in [4.69, 9.17) is 10.5 Å². The van der Waals surface area contributed by atoms with E-state index in [9.17, 15) is 4.79 Å². The summed E-state index contributed by atoms with van der Waals surface area (Å²) in [5.41, 5.74) is 9.41. The first-order valence-electron chi connectivity index (χ1n) is 9.41. The predicted molar refractivity (Wildman–Crippen MR) is 119 cm³/mol. The van der Waals surface area contributed by atoms with Crippen LogP contribution in [0.5, 0.6) is 5.75 Å². The van der Waals surface area contributed by atoms with E-state index in [1.165, 1.54) is 6.33 Å². The molecule has 30 heavy (non-hydrogen) atoms. The average molecular weight is 399 g/mol. The van der Waals surface area contributed by atoms with Gasteiger partial charge in [0.2, 0.25) is 0 Å². The molecular formula is C23H21N5O2. The van der Waals surface area contributed by atoms with E-state index in [1.807, 2.05) is 42.5 Å². The number of carbonyl (C=O) groups excluding carboxylic acids is 1. The van der Waals surface area contributed by atoms with Crippen molar-refractivity contribution < 1.29 is 9.53 Å². The summed E-state index contributed by atoms with van der Waals surface area (Å²) in [5, 5.41) is 7.04. The molecule has 0 bridgehead atoms. The number of nitrogens with one attached hydrogen (secondary N) is 2. The van der Waals surface area contributed by atoms with Crippen molar-refractivity contribution in [2.75, 3.05) is 23.5 Å². The number of anilines is 3. The van der Waals surface area contributed by atoms with Crippen LogP contribution in [0.1, 0.15) is 15.9 Å². The Hall–Kier alpha value is -4.13. The van der Waals surface area contributed by atoms with Crippen molar-refractivity contribution >= 4 is 34.0 Å². The van der Waals surface area contributed by atoms with Gasteiger partial charge in [0.15, 0.2) is 0 Å². The standard InChI is InChI=1S/C23H21N5O2/c1-30-17-10-11-20-18(12-17)22(27-14-26-20)25-13-15-6-8-16(9-7-15)23(29)28-21-5-3-2-4-19(21)24/h2-12,14H,13,24H2,1H3,(H,28,29)(H,25,26,27). The number of nitrogen functional groups attached to an aromatic ring is 1. The van der Waals surface area contributed by atoms with E-state index in [2.05, 4.69) is 20.6 Å². The summed E-state index contributed by atoms with van der Waals surface area (Å²) in [6.07, 6.45) is 1.53. The lowest BCUT2D eigenvalue weighted by atomic mass is 10.1. The van der Waals surface area contributed by atoms with Crippen molar-refractivity contribution in [3.63, 3.8) is 0 Å². The van der Waals surface area contributed by atoms with Crippen LogP contribution < -0.4 is 21.1 Å². The molecule has 1 heterocycles. The first kappa shape index (κ1) is 19.2. The van der Waals surface area contributed by atoms with E-state index in [0.29, 0.717) is 23.5 Å². The number of ether oxygens (including phenoxy) is 1. The van der Waals surface area contributed by atoms with Gasteiger partial charge in [0, 0.05) is 17.5 Å². The molecule has 0 aliphatic heterocycles. The van der Waals surface area contributed by atoms with E-state index >= 15 is 0 Å². The largest absolute Gasteiger partial charge is 0.497 e. The number of carbonyl (C=O) groups is 1. The van der Waals surface area contributed by atoms with Gasteiger partial charge in [-0.15, -0.1) is 0 Å². The fourth-order valence-electron chi connectivity index (χ4n) is 3.07. The van der Waals surface area contributed by atoms with E-state index in [1.54, 1.807) is 31.4 Å². The molecule has 1 aromatic heterocycles. The van der Waals surface area contributed by atoms with Crippen LogP contribution in [-0.2, 0) is 6.54 Å². The number of hydrogen-bond acceptors (Lipinski definition) is 6. The maximum atomic E-state index is 12.5. The molecule has 4 aromatic rings. The number of nitrogens with two attached hydrogens (primary N) is 1. The Balaban J connectivity index is 1.45. The Morgan fingerprint density at radius 1 is 1.03 bits per heavy atom. The topological polar surface area (TPSA) is 102 Å². The number of amides is 1. The molecule has 0 spiro atoms. The zero-order valence-electron chi connectivity index (χ0n) is 16.4. The quantitative estimate of drug-likeness (QED) is 0.422. The normalized spacial score (nSPS) is 10.6. The lowest BCUT2D eigenvalue weighted by Crippen LogP contribution is -2.13. The highest BCUT2D eigenvalue weighted by atomic mass is 16.5. The summed E-state index contributed by atoms with van der Waals surface area (Å²) in [5.74, 6) is 1.26. The van der Waals surface area contributed by atoms with Crippen molar-refractivity contribution in [1.29, 1.82) is 0 Å². The Labute approximate surface area is 173 Å². The highest BCUT2D eigenvalue weighted by Crippen LogP contribution is 2.24. The van der Waals surface area contributed by atoms with Gasteiger partial charge in [0.1, 0.15) is 17.9 Å².